The maximum atomic E-state index is 11.0. The van der Waals surface area contributed by atoms with Crippen LogP contribution in [0.25, 0.3) is 0 Å². The molecule has 0 saturated carbocycles. The molecule has 80 valence electrons. The highest BCUT2D eigenvalue weighted by Gasteiger charge is 2.16. The Labute approximate surface area is 92.1 Å². The summed E-state index contributed by atoms with van der Waals surface area (Å²) in [6, 6.07) is 6.87. The van der Waals surface area contributed by atoms with Gasteiger partial charge in [0.1, 0.15) is 0 Å². The first-order valence-electron chi connectivity index (χ1n) is 4.23. The summed E-state index contributed by atoms with van der Waals surface area (Å²) < 4.78 is 0. The predicted molar refractivity (Wildman–Crippen MR) is 55.6 cm³/mol. The van der Waals surface area contributed by atoms with Gasteiger partial charge in [0.25, 0.3) is 0 Å². The van der Waals surface area contributed by atoms with Gasteiger partial charge in [0.2, 0.25) is 0 Å². The van der Waals surface area contributed by atoms with Crippen molar-refractivity contribution in [2.75, 3.05) is 7.05 Å². The van der Waals surface area contributed by atoms with Crippen molar-refractivity contribution in [2.45, 2.75) is 6.54 Å². The van der Waals surface area contributed by atoms with E-state index in [2.05, 4.69) is 0 Å². The smallest absolute Gasteiger partial charge is 0.394 e. The van der Waals surface area contributed by atoms with Crippen molar-refractivity contribution in [3.63, 3.8) is 0 Å². The molecular formula is C10H10ClNO3. The third kappa shape index (κ3) is 3.25. The summed E-state index contributed by atoms with van der Waals surface area (Å²) >= 11 is 5.69. The van der Waals surface area contributed by atoms with Gasteiger partial charge in [-0.3, -0.25) is 4.79 Å². The summed E-state index contributed by atoms with van der Waals surface area (Å²) in [5.41, 5.74) is 0.830. The number of carbonyl (C=O) groups excluding carboxylic acids is 1. The molecule has 0 saturated heterocycles. The summed E-state index contributed by atoms with van der Waals surface area (Å²) in [6.45, 7) is 0.252. The Bertz CT molecular complexity index is 375. The van der Waals surface area contributed by atoms with Gasteiger partial charge in [-0.25, -0.2) is 4.79 Å². The molecule has 0 bridgehead atoms. The van der Waals surface area contributed by atoms with Crippen molar-refractivity contribution in [1.29, 1.82) is 0 Å². The molecule has 5 heteroatoms. The van der Waals surface area contributed by atoms with Gasteiger partial charge in [-0.1, -0.05) is 23.7 Å². The number of carbonyl (C=O) groups is 2. The number of hydrogen-bond donors (Lipinski definition) is 1. The van der Waals surface area contributed by atoms with Crippen LogP contribution in [0.2, 0.25) is 5.02 Å². The van der Waals surface area contributed by atoms with Crippen LogP contribution in [-0.4, -0.2) is 28.9 Å². The molecule has 0 unspecified atom stereocenters. The van der Waals surface area contributed by atoms with Gasteiger partial charge >= 0.3 is 11.9 Å². The third-order valence-corrected chi connectivity index (χ3v) is 2.11. The van der Waals surface area contributed by atoms with Crippen LogP contribution < -0.4 is 0 Å². The third-order valence-electron chi connectivity index (χ3n) is 1.86. The molecule has 1 amide bonds. The van der Waals surface area contributed by atoms with Crippen LogP contribution in [0.3, 0.4) is 0 Å². The van der Waals surface area contributed by atoms with E-state index in [1.165, 1.54) is 7.05 Å². The van der Waals surface area contributed by atoms with E-state index < -0.39 is 11.9 Å². The molecule has 4 nitrogen and oxygen atoms in total. The summed E-state index contributed by atoms with van der Waals surface area (Å²) in [4.78, 5) is 22.5. The molecule has 0 aliphatic rings. The van der Waals surface area contributed by atoms with Crippen LogP contribution in [0.1, 0.15) is 5.56 Å². The standard InChI is InChI=1S/C10H10ClNO3/c1-12(9(13)10(14)15)6-7-2-4-8(11)5-3-7/h2-5H,6H2,1H3,(H,14,15). The van der Waals surface area contributed by atoms with Gasteiger partial charge in [0, 0.05) is 18.6 Å². The number of rotatable bonds is 2. The molecule has 1 aromatic rings. The zero-order valence-corrected chi connectivity index (χ0v) is 8.86. The molecule has 0 aromatic heterocycles. The monoisotopic (exact) mass is 227 g/mol. The van der Waals surface area contributed by atoms with Crippen molar-refractivity contribution in [3.8, 4) is 0 Å². The second-order valence-corrected chi connectivity index (χ2v) is 3.53. The van der Waals surface area contributed by atoms with Gasteiger partial charge in [-0.15, -0.1) is 0 Å². The fraction of sp³-hybridized carbons (Fsp3) is 0.200. The highest BCUT2D eigenvalue weighted by Crippen LogP contribution is 2.10. The van der Waals surface area contributed by atoms with E-state index in [1.807, 2.05) is 0 Å². The Morgan fingerprint density at radius 1 is 1.33 bits per heavy atom. The van der Waals surface area contributed by atoms with Crippen molar-refractivity contribution in [1.82, 2.24) is 4.90 Å². The Kier molecular flexibility index (Phi) is 3.68. The number of benzene rings is 1. The van der Waals surface area contributed by atoms with E-state index in [0.29, 0.717) is 5.02 Å². The van der Waals surface area contributed by atoms with Gasteiger partial charge in [-0.2, -0.15) is 0 Å². The number of hydrogen-bond acceptors (Lipinski definition) is 2. The Morgan fingerprint density at radius 2 is 1.87 bits per heavy atom. The van der Waals surface area contributed by atoms with E-state index in [4.69, 9.17) is 16.7 Å². The lowest BCUT2D eigenvalue weighted by Gasteiger charge is -2.14. The fourth-order valence-corrected chi connectivity index (χ4v) is 1.22. The van der Waals surface area contributed by atoms with Crippen LogP contribution >= 0.6 is 11.6 Å². The van der Waals surface area contributed by atoms with Gasteiger partial charge in [-0.05, 0) is 17.7 Å². The van der Waals surface area contributed by atoms with E-state index in [1.54, 1.807) is 24.3 Å². The maximum absolute atomic E-state index is 11.0. The normalized spacial score (nSPS) is 9.73. The SMILES string of the molecule is CN(Cc1ccc(Cl)cc1)C(=O)C(=O)O. The van der Waals surface area contributed by atoms with Gasteiger partial charge in [0.15, 0.2) is 0 Å². The largest absolute Gasteiger partial charge is 0.474 e. The zero-order valence-electron chi connectivity index (χ0n) is 8.11. The summed E-state index contributed by atoms with van der Waals surface area (Å²) in [5.74, 6) is -2.38. The minimum Gasteiger partial charge on any atom is -0.474 e. The fourth-order valence-electron chi connectivity index (χ4n) is 1.10. The maximum Gasteiger partial charge on any atom is 0.394 e. The molecule has 0 aliphatic carbocycles. The molecule has 15 heavy (non-hydrogen) atoms. The summed E-state index contributed by atoms with van der Waals surface area (Å²) in [7, 11) is 1.44. The minimum absolute atomic E-state index is 0.252. The van der Waals surface area contributed by atoms with E-state index >= 15 is 0 Å². The molecule has 1 N–H and O–H groups in total. The van der Waals surface area contributed by atoms with Crippen molar-refractivity contribution in [2.24, 2.45) is 0 Å². The zero-order chi connectivity index (χ0) is 11.4. The summed E-state index contributed by atoms with van der Waals surface area (Å²) in [6.07, 6.45) is 0. The van der Waals surface area contributed by atoms with Gasteiger partial charge < -0.3 is 10.0 Å². The van der Waals surface area contributed by atoms with Crippen LogP contribution in [0, 0.1) is 0 Å². The summed E-state index contributed by atoms with van der Waals surface area (Å²) in [5, 5.41) is 9.06. The average Bonchev–Trinajstić information content (AvgIpc) is 2.20. The molecule has 1 aromatic carbocycles. The number of likely N-dealkylation sites (N-methyl/N-ethyl adjacent to an activating group) is 1. The van der Waals surface area contributed by atoms with Crippen LogP contribution in [0.15, 0.2) is 24.3 Å². The molecule has 0 fully saturated rings. The van der Waals surface area contributed by atoms with E-state index in [9.17, 15) is 9.59 Å². The van der Waals surface area contributed by atoms with E-state index in [0.717, 1.165) is 10.5 Å². The second-order valence-electron chi connectivity index (χ2n) is 3.09. The van der Waals surface area contributed by atoms with E-state index in [-0.39, 0.29) is 6.54 Å². The molecule has 1 rings (SSSR count). The first-order valence-corrected chi connectivity index (χ1v) is 4.61. The molecule has 0 radical (unpaired) electrons. The minimum atomic E-state index is -1.45. The lowest BCUT2D eigenvalue weighted by molar-refractivity contribution is -0.155. The van der Waals surface area contributed by atoms with Crippen molar-refractivity contribution >= 4 is 23.5 Å². The van der Waals surface area contributed by atoms with Crippen LogP contribution in [0.4, 0.5) is 0 Å². The molecule has 0 spiro atoms. The molecule has 0 atom stereocenters. The highest BCUT2D eigenvalue weighted by molar-refractivity contribution is 6.31. The Hall–Kier alpha value is -1.55. The highest BCUT2D eigenvalue weighted by atomic mass is 35.5. The predicted octanol–water partition coefficient (Wildman–Crippen LogP) is 1.38. The van der Waals surface area contributed by atoms with Crippen LogP contribution in [0.5, 0.6) is 0 Å². The van der Waals surface area contributed by atoms with Crippen LogP contribution in [-0.2, 0) is 16.1 Å². The number of carboxylic acid groups (broad SMARTS) is 1. The lowest BCUT2D eigenvalue weighted by Crippen LogP contribution is -2.32. The molecule has 0 aliphatic heterocycles. The average molecular weight is 228 g/mol. The number of aliphatic carboxylic acids is 1. The second kappa shape index (κ2) is 4.79. The van der Waals surface area contributed by atoms with Gasteiger partial charge in [0.05, 0.1) is 0 Å². The first-order chi connectivity index (χ1) is 7.00. The molecular weight excluding hydrogens is 218 g/mol. The Morgan fingerprint density at radius 3 is 2.33 bits per heavy atom. The van der Waals surface area contributed by atoms with Crippen molar-refractivity contribution in [3.05, 3.63) is 34.9 Å². The number of amides is 1. The topological polar surface area (TPSA) is 57.6 Å². The van der Waals surface area contributed by atoms with Crippen molar-refractivity contribution < 1.29 is 14.7 Å². The lowest BCUT2D eigenvalue weighted by atomic mass is 10.2. The quantitative estimate of drug-likeness (QED) is 0.777. The number of carboxylic acids is 1. The first kappa shape index (κ1) is 11.5. The number of nitrogens with zero attached hydrogens (tertiary/aromatic N) is 1. The number of halogens is 1. The molecule has 0 heterocycles. The Balaban J connectivity index is 2.66.